The molecule has 1 aromatic heterocycles. The van der Waals surface area contributed by atoms with Crippen molar-refractivity contribution in [1.82, 2.24) is 4.57 Å². The number of hydrogen-bond acceptors (Lipinski definition) is 4. The van der Waals surface area contributed by atoms with Crippen molar-refractivity contribution in [2.24, 2.45) is 5.92 Å². The molecule has 0 aliphatic heterocycles. The molecule has 2 N–H and O–H groups in total. The van der Waals surface area contributed by atoms with Crippen LogP contribution in [0.3, 0.4) is 0 Å². The molecule has 0 bridgehead atoms. The summed E-state index contributed by atoms with van der Waals surface area (Å²) in [4.78, 5) is 23.0. The maximum Gasteiger partial charge on any atom is 0.341 e. The van der Waals surface area contributed by atoms with Gasteiger partial charge < -0.3 is 24.3 Å². The van der Waals surface area contributed by atoms with Gasteiger partial charge in [0.15, 0.2) is 6.61 Å². The minimum atomic E-state index is -1.06. The zero-order chi connectivity index (χ0) is 21.7. The van der Waals surface area contributed by atoms with Gasteiger partial charge in [0.05, 0.1) is 12.2 Å². The van der Waals surface area contributed by atoms with Gasteiger partial charge >= 0.3 is 11.9 Å². The smallest absolute Gasteiger partial charge is 0.341 e. The number of aliphatic carboxylic acids is 1. The Labute approximate surface area is 176 Å². The quantitative estimate of drug-likeness (QED) is 0.567. The van der Waals surface area contributed by atoms with Gasteiger partial charge in [-0.3, -0.25) is 0 Å². The van der Waals surface area contributed by atoms with E-state index in [0.717, 1.165) is 36.3 Å². The lowest BCUT2D eigenvalue weighted by Crippen LogP contribution is -2.11. The van der Waals surface area contributed by atoms with E-state index in [9.17, 15) is 14.7 Å². The standard InChI is InChI=1S/C23H31NO6/c1-15-22(23(27)28)18-13-20(30-14-21(25)26)17(9-5-8-16-6-3-4-7-16)12-19(18)24(15)10-11-29-2/h12-13,16H,3-11,14H2,1-2H3,(H,25,26)(H,27,28). The fourth-order valence-corrected chi connectivity index (χ4v) is 4.64. The summed E-state index contributed by atoms with van der Waals surface area (Å²) < 4.78 is 12.7. The van der Waals surface area contributed by atoms with Crippen molar-refractivity contribution in [2.45, 2.75) is 58.4 Å². The Balaban J connectivity index is 1.98. The van der Waals surface area contributed by atoms with Gasteiger partial charge in [0, 0.05) is 30.3 Å². The van der Waals surface area contributed by atoms with Gasteiger partial charge in [-0.2, -0.15) is 0 Å². The number of benzene rings is 1. The van der Waals surface area contributed by atoms with Crippen LogP contribution in [0.25, 0.3) is 10.9 Å². The summed E-state index contributed by atoms with van der Waals surface area (Å²) in [7, 11) is 1.62. The first kappa shape index (κ1) is 22.2. The SMILES string of the molecule is COCCn1c(C)c(C(=O)O)c2cc(OCC(=O)O)c(CCCC3CCCC3)cc21. The van der Waals surface area contributed by atoms with Crippen molar-refractivity contribution >= 4 is 22.8 Å². The molecule has 164 valence electrons. The average molecular weight is 418 g/mol. The second-order valence-corrected chi connectivity index (χ2v) is 8.11. The third-order valence-corrected chi connectivity index (χ3v) is 6.12. The summed E-state index contributed by atoms with van der Waals surface area (Å²) in [5.74, 6) is -0.822. The van der Waals surface area contributed by atoms with Crippen molar-refractivity contribution in [2.75, 3.05) is 20.3 Å². The summed E-state index contributed by atoms with van der Waals surface area (Å²) in [5, 5.41) is 19.4. The minimum absolute atomic E-state index is 0.221. The van der Waals surface area contributed by atoms with E-state index in [2.05, 4.69) is 0 Å². The molecule has 0 amide bonds. The van der Waals surface area contributed by atoms with Crippen LogP contribution in [0.2, 0.25) is 0 Å². The first-order chi connectivity index (χ1) is 14.4. The monoisotopic (exact) mass is 417 g/mol. The van der Waals surface area contributed by atoms with Crippen LogP contribution in [-0.4, -0.2) is 47.0 Å². The Morgan fingerprint density at radius 3 is 2.57 bits per heavy atom. The lowest BCUT2D eigenvalue weighted by Gasteiger charge is -2.14. The van der Waals surface area contributed by atoms with Crippen molar-refractivity contribution in [3.63, 3.8) is 0 Å². The molecule has 1 saturated carbocycles. The van der Waals surface area contributed by atoms with E-state index < -0.39 is 18.5 Å². The minimum Gasteiger partial charge on any atom is -0.482 e. The molecule has 0 radical (unpaired) electrons. The van der Waals surface area contributed by atoms with Gasteiger partial charge in [0.1, 0.15) is 5.75 Å². The molecule has 1 aromatic carbocycles. The lowest BCUT2D eigenvalue weighted by molar-refractivity contribution is -0.139. The van der Waals surface area contributed by atoms with Gasteiger partial charge in [-0.25, -0.2) is 9.59 Å². The van der Waals surface area contributed by atoms with E-state index in [1.807, 2.05) is 10.6 Å². The number of carboxylic acids is 2. The molecule has 1 aliphatic rings. The molecular formula is C23H31NO6. The predicted molar refractivity (Wildman–Crippen MR) is 114 cm³/mol. The van der Waals surface area contributed by atoms with E-state index in [0.29, 0.717) is 30.0 Å². The Bertz CT molecular complexity index is 910. The molecule has 1 aliphatic carbocycles. The molecule has 3 rings (SSSR count). The molecule has 0 unspecified atom stereocenters. The topological polar surface area (TPSA) is 98.0 Å². The number of aryl methyl sites for hydroxylation is 1. The molecule has 7 nitrogen and oxygen atoms in total. The van der Waals surface area contributed by atoms with Crippen LogP contribution < -0.4 is 4.74 Å². The highest BCUT2D eigenvalue weighted by atomic mass is 16.5. The van der Waals surface area contributed by atoms with Gasteiger partial charge in [-0.1, -0.05) is 32.1 Å². The Morgan fingerprint density at radius 2 is 1.93 bits per heavy atom. The van der Waals surface area contributed by atoms with Crippen molar-refractivity contribution in [3.8, 4) is 5.75 Å². The normalized spacial score (nSPS) is 14.5. The molecule has 0 spiro atoms. The van der Waals surface area contributed by atoms with Crippen LogP contribution >= 0.6 is 0 Å². The third-order valence-electron chi connectivity index (χ3n) is 6.12. The van der Waals surface area contributed by atoms with Gasteiger partial charge in [-0.15, -0.1) is 0 Å². The van der Waals surface area contributed by atoms with E-state index >= 15 is 0 Å². The summed E-state index contributed by atoms with van der Waals surface area (Å²) in [6.07, 6.45) is 8.15. The molecule has 1 heterocycles. The summed E-state index contributed by atoms with van der Waals surface area (Å²) in [6, 6.07) is 3.67. The number of rotatable bonds is 11. The predicted octanol–water partition coefficient (Wildman–Crippen LogP) is 4.27. The van der Waals surface area contributed by atoms with Crippen LogP contribution in [0, 0.1) is 12.8 Å². The van der Waals surface area contributed by atoms with Crippen LogP contribution in [0.1, 0.15) is 60.1 Å². The van der Waals surface area contributed by atoms with Gasteiger partial charge in [0.25, 0.3) is 0 Å². The molecular weight excluding hydrogens is 386 g/mol. The summed E-state index contributed by atoms with van der Waals surface area (Å²) >= 11 is 0. The number of ether oxygens (including phenoxy) is 2. The second-order valence-electron chi connectivity index (χ2n) is 8.11. The maximum atomic E-state index is 11.9. The van der Waals surface area contributed by atoms with E-state index in [1.54, 1.807) is 20.1 Å². The van der Waals surface area contributed by atoms with Crippen molar-refractivity contribution in [3.05, 3.63) is 29.0 Å². The molecule has 7 heteroatoms. The Hall–Kier alpha value is -2.54. The number of methoxy groups -OCH3 is 1. The fourth-order valence-electron chi connectivity index (χ4n) is 4.64. The number of hydrogen-bond donors (Lipinski definition) is 2. The van der Waals surface area contributed by atoms with Crippen LogP contribution in [-0.2, 0) is 22.5 Å². The lowest BCUT2D eigenvalue weighted by atomic mass is 9.97. The van der Waals surface area contributed by atoms with Gasteiger partial charge in [-0.05, 0) is 43.4 Å². The van der Waals surface area contributed by atoms with Crippen LogP contribution in [0.15, 0.2) is 12.1 Å². The zero-order valence-corrected chi connectivity index (χ0v) is 17.8. The Kier molecular flexibility index (Phi) is 7.37. The number of fused-ring (bicyclic) bond motifs is 1. The van der Waals surface area contributed by atoms with Crippen molar-refractivity contribution < 1.29 is 29.3 Å². The highest BCUT2D eigenvalue weighted by Crippen LogP contribution is 2.34. The zero-order valence-electron chi connectivity index (χ0n) is 17.8. The first-order valence-electron chi connectivity index (χ1n) is 10.6. The Morgan fingerprint density at radius 1 is 1.20 bits per heavy atom. The number of carbonyl (C=O) groups is 2. The van der Waals surface area contributed by atoms with Crippen LogP contribution in [0.4, 0.5) is 0 Å². The van der Waals surface area contributed by atoms with E-state index in [-0.39, 0.29) is 5.56 Å². The van der Waals surface area contributed by atoms with Crippen molar-refractivity contribution in [1.29, 1.82) is 0 Å². The van der Waals surface area contributed by atoms with E-state index in [4.69, 9.17) is 14.6 Å². The number of aromatic nitrogens is 1. The van der Waals surface area contributed by atoms with E-state index in [1.165, 1.54) is 25.7 Å². The number of aromatic carboxylic acids is 1. The largest absolute Gasteiger partial charge is 0.482 e. The highest BCUT2D eigenvalue weighted by Gasteiger charge is 2.22. The molecule has 30 heavy (non-hydrogen) atoms. The highest BCUT2D eigenvalue weighted by molar-refractivity contribution is 6.05. The molecule has 1 fully saturated rings. The summed E-state index contributed by atoms with van der Waals surface area (Å²) in [6.45, 7) is 2.35. The average Bonchev–Trinajstić information content (AvgIpc) is 3.30. The van der Waals surface area contributed by atoms with Crippen LogP contribution in [0.5, 0.6) is 5.75 Å². The number of nitrogens with zero attached hydrogens (tertiary/aromatic N) is 1. The molecule has 2 aromatic rings. The fraction of sp³-hybridized carbons (Fsp3) is 0.565. The molecule has 0 saturated heterocycles. The summed E-state index contributed by atoms with van der Waals surface area (Å²) in [5.41, 5.74) is 2.62. The maximum absolute atomic E-state index is 11.9. The first-order valence-corrected chi connectivity index (χ1v) is 10.6. The van der Waals surface area contributed by atoms with Gasteiger partial charge in [0.2, 0.25) is 0 Å². The molecule has 0 atom stereocenters. The number of carboxylic acid groups (broad SMARTS) is 2. The second kappa shape index (κ2) is 9.98. The third kappa shape index (κ3) is 4.95.